The average molecular weight is 293 g/mol. The van der Waals surface area contributed by atoms with Gasteiger partial charge < -0.3 is 15.9 Å². The number of hydrogen-bond acceptors (Lipinski definition) is 3. The van der Waals surface area contributed by atoms with Crippen LogP contribution in [0, 0.1) is 5.92 Å². The topological polar surface area (TPSA) is 101 Å². The molecule has 0 heterocycles. The van der Waals surface area contributed by atoms with Gasteiger partial charge >= 0.3 is 11.9 Å². The average Bonchev–Trinajstić information content (AvgIpc) is 2.37. The molecule has 0 spiro atoms. The fourth-order valence-corrected chi connectivity index (χ4v) is 2.10. The molecule has 4 N–H and O–H groups in total. The maximum absolute atomic E-state index is 11.2. The van der Waals surface area contributed by atoms with Crippen molar-refractivity contribution in [2.45, 2.75) is 45.1 Å². The van der Waals surface area contributed by atoms with Crippen molar-refractivity contribution in [1.82, 2.24) is 0 Å². The summed E-state index contributed by atoms with van der Waals surface area (Å²) in [5.41, 5.74) is 7.50. The van der Waals surface area contributed by atoms with E-state index in [0.717, 1.165) is 5.56 Å². The Hall–Kier alpha value is -1.88. The first-order valence-electron chi connectivity index (χ1n) is 6.92. The first-order valence-corrected chi connectivity index (χ1v) is 6.92. The summed E-state index contributed by atoms with van der Waals surface area (Å²) in [6.45, 7) is 6.32. The van der Waals surface area contributed by atoms with Crippen molar-refractivity contribution in [3.8, 4) is 0 Å². The lowest BCUT2D eigenvalue weighted by atomic mass is 9.85. The van der Waals surface area contributed by atoms with Crippen LogP contribution < -0.4 is 5.73 Å². The van der Waals surface area contributed by atoms with Crippen molar-refractivity contribution in [2.24, 2.45) is 11.7 Å². The van der Waals surface area contributed by atoms with E-state index in [2.05, 4.69) is 20.8 Å². The lowest BCUT2D eigenvalue weighted by Gasteiger charge is -2.20. The highest BCUT2D eigenvalue weighted by Crippen LogP contribution is 2.23. The van der Waals surface area contributed by atoms with Gasteiger partial charge in [-0.2, -0.15) is 0 Å². The van der Waals surface area contributed by atoms with Gasteiger partial charge in [0.25, 0.3) is 0 Å². The van der Waals surface area contributed by atoms with Crippen LogP contribution in [0.1, 0.15) is 38.3 Å². The Kier molecular flexibility index (Phi) is 5.49. The fraction of sp³-hybridized carbons (Fsp3) is 0.500. The van der Waals surface area contributed by atoms with E-state index in [9.17, 15) is 14.7 Å². The van der Waals surface area contributed by atoms with Gasteiger partial charge in [0.05, 0.1) is 5.92 Å². The molecule has 1 aromatic rings. The zero-order valence-electron chi connectivity index (χ0n) is 12.7. The molecule has 0 aliphatic heterocycles. The summed E-state index contributed by atoms with van der Waals surface area (Å²) >= 11 is 0. The fourth-order valence-electron chi connectivity index (χ4n) is 2.10. The summed E-state index contributed by atoms with van der Waals surface area (Å²) in [5, 5.41) is 18.0. The second-order valence-electron chi connectivity index (χ2n) is 6.37. The molecule has 5 heteroatoms. The molecule has 21 heavy (non-hydrogen) atoms. The van der Waals surface area contributed by atoms with Crippen molar-refractivity contribution < 1.29 is 19.8 Å². The van der Waals surface area contributed by atoms with E-state index in [1.807, 2.05) is 24.3 Å². The summed E-state index contributed by atoms with van der Waals surface area (Å²) in [7, 11) is 0. The third kappa shape index (κ3) is 5.19. The second-order valence-corrected chi connectivity index (χ2v) is 6.37. The monoisotopic (exact) mass is 293 g/mol. The highest BCUT2D eigenvalue weighted by Gasteiger charge is 2.24. The standard InChI is InChI=1S/C16H23NO4/c1-16(2,3)12-6-4-10(5-7-12)8-11(14(18)19)9-13(17)15(20)21/h4-7,11,13H,8-9,17H2,1-3H3,(H,18,19)(H,20,21)/t11-,13+/m0/s1. The van der Waals surface area contributed by atoms with Crippen LogP contribution in [0.15, 0.2) is 24.3 Å². The highest BCUT2D eigenvalue weighted by atomic mass is 16.4. The summed E-state index contributed by atoms with van der Waals surface area (Å²) in [5.74, 6) is -2.99. The first-order chi connectivity index (χ1) is 9.61. The molecule has 0 aliphatic carbocycles. The van der Waals surface area contributed by atoms with Crippen molar-refractivity contribution in [1.29, 1.82) is 0 Å². The molecule has 0 aromatic heterocycles. The molecular weight excluding hydrogens is 270 g/mol. The molecule has 0 bridgehead atoms. The molecule has 0 unspecified atom stereocenters. The summed E-state index contributed by atoms with van der Waals surface area (Å²) in [4.78, 5) is 22.0. The molecule has 5 nitrogen and oxygen atoms in total. The molecule has 1 rings (SSSR count). The van der Waals surface area contributed by atoms with Gasteiger partial charge in [0.15, 0.2) is 0 Å². The van der Waals surface area contributed by atoms with E-state index in [-0.39, 0.29) is 18.3 Å². The quantitative estimate of drug-likeness (QED) is 0.745. The van der Waals surface area contributed by atoms with Crippen molar-refractivity contribution in [3.05, 3.63) is 35.4 Å². The van der Waals surface area contributed by atoms with Gasteiger partial charge in [-0.15, -0.1) is 0 Å². The Morgan fingerprint density at radius 1 is 1.10 bits per heavy atom. The minimum atomic E-state index is -1.18. The molecular formula is C16H23NO4. The van der Waals surface area contributed by atoms with Crippen LogP contribution in [0.2, 0.25) is 0 Å². The van der Waals surface area contributed by atoms with E-state index < -0.39 is 23.9 Å². The normalized spacial score (nSPS) is 14.5. The maximum Gasteiger partial charge on any atom is 0.320 e. The predicted molar refractivity (Wildman–Crippen MR) is 80.2 cm³/mol. The minimum absolute atomic E-state index is 0.0381. The van der Waals surface area contributed by atoms with Crippen LogP contribution in [0.25, 0.3) is 0 Å². The summed E-state index contributed by atoms with van der Waals surface area (Å²) in [6.07, 6.45) is 0.201. The number of aliphatic carboxylic acids is 2. The molecule has 2 atom stereocenters. The Bertz CT molecular complexity index is 502. The molecule has 1 aromatic carbocycles. The van der Waals surface area contributed by atoms with Crippen LogP contribution in [0.4, 0.5) is 0 Å². The van der Waals surface area contributed by atoms with E-state index in [1.54, 1.807) is 0 Å². The van der Waals surface area contributed by atoms with E-state index in [4.69, 9.17) is 10.8 Å². The molecule has 0 aliphatic rings. The van der Waals surface area contributed by atoms with Crippen LogP contribution in [-0.2, 0) is 21.4 Å². The second kappa shape index (κ2) is 6.72. The van der Waals surface area contributed by atoms with Crippen LogP contribution in [-0.4, -0.2) is 28.2 Å². The number of nitrogens with two attached hydrogens (primary N) is 1. The molecule has 0 amide bonds. The van der Waals surface area contributed by atoms with Gasteiger partial charge in [-0.05, 0) is 29.4 Å². The number of benzene rings is 1. The van der Waals surface area contributed by atoms with Crippen molar-refractivity contribution in [2.75, 3.05) is 0 Å². The zero-order valence-corrected chi connectivity index (χ0v) is 12.7. The van der Waals surface area contributed by atoms with Crippen LogP contribution in [0.3, 0.4) is 0 Å². The largest absolute Gasteiger partial charge is 0.481 e. The van der Waals surface area contributed by atoms with Gasteiger partial charge in [0.2, 0.25) is 0 Å². The van der Waals surface area contributed by atoms with Gasteiger partial charge in [-0.3, -0.25) is 9.59 Å². The van der Waals surface area contributed by atoms with E-state index in [1.165, 1.54) is 5.56 Å². The lowest BCUT2D eigenvalue weighted by Crippen LogP contribution is -2.35. The highest BCUT2D eigenvalue weighted by molar-refractivity contribution is 5.76. The molecule has 0 fully saturated rings. The number of hydrogen-bond donors (Lipinski definition) is 3. The van der Waals surface area contributed by atoms with E-state index in [0.29, 0.717) is 0 Å². The third-order valence-electron chi connectivity index (χ3n) is 3.51. The Labute approximate surface area is 124 Å². The number of rotatable bonds is 6. The Morgan fingerprint density at radius 3 is 2.00 bits per heavy atom. The van der Waals surface area contributed by atoms with Crippen LogP contribution in [0.5, 0.6) is 0 Å². The molecule has 0 saturated heterocycles. The van der Waals surface area contributed by atoms with Crippen LogP contribution >= 0.6 is 0 Å². The van der Waals surface area contributed by atoms with Crippen molar-refractivity contribution in [3.63, 3.8) is 0 Å². The smallest absolute Gasteiger partial charge is 0.320 e. The third-order valence-corrected chi connectivity index (χ3v) is 3.51. The van der Waals surface area contributed by atoms with Crippen molar-refractivity contribution >= 4 is 11.9 Å². The number of carboxylic acid groups (broad SMARTS) is 2. The van der Waals surface area contributed by atoms with E-state index >= 15 is 0 Å². The molecule has 0 radical (unpaired) electrons. The van der Waals surface area contributed by atoms with Gasteiger partial charge in [-0.25, -0.2) is 0 Å². The summed E-state index contributed by atoms with van der Waals surface area (Å²) < 4.78 is 0. The predicted octanol–water partition coefficient (Wildman–Crippen LogP) is 2.03. The SMILES string of the molecule is CC(C)(C)c1ccc(C[C@@H](C[C@@H](N)C(=O)O)C(=O)O)cc1. The maximum atomic E-state index is 11.2. The summed E-state index contributed by atoms with van der Waals surface area (Å²) in [6, 6.07) is 6.59. The van der Waals surface area contributed by atoms with Gasteiger partial charge in [-0.1, -0.05) is 45.0 Å². The van der Waals surface area contributed by atoms with Gasteiger partial charge in [0.1, 0.15) is 6.04 Å². The minimum Gasteiger partial charge on any atom is -0.481 e. The lowest BCUT2D eigenvalue weighted by molar-refractivity contribution is -0.143. The number of carbonyl (C=O) groups is 2. The first kappa shape index (κ1) is 17.2. The van der Waals surface area contributed by atoms with Gasteiger partial charge in [0, 0.05) is 0 Å². The Balaban J connectivity index is 2.80. The molecule has 116 valence electrons. The Morgan fingerprint density at radius 2 is 1.62 bits per heavy atom. The number of carboxylic acids is 2. The molecule has 0 saturated carbocycles. The zero-order chi connectivity index (χ0) is 16.2.